The third-order valence-electron chi connectivity index (χ3n) is 3.97. The van der Waals surface area contributed by atoms with Gasteiger partial charge in [-0.1, -0.05) is 25.6 Å². The standard InChI is InChI=1S/C19H27N3O3S/c1-12(2)10-22-14(4)13(3)20-19(22)26-11-18(23)21-15-7-8-16(24-5)17(9-15)25-6/h7-9,12H,10-11H2,1-6H3,(H,21,23). The summed E-state index contributed by atoms with van der Waals surface area (Å²) in [7, 11) is 3.15. The summed E-state index contributed by atoms with van der Waals surface area (Å²) in [6, 6.07) is 5.30. The molecule has 7 heteroatoms. The zero-order valence-corrected chi connectivity index (χ0v) is 17.1. The number of amides is 1. The molecule has 2 aromatic rings. The summed E-state index contributed by atoms with van der Waals surface area (Å²) in [5.41, 5.74) is 2.83. The minimum atomic E-state index is -0.0865. The molecular weight excluding hydrogens is 350 g/mol. The zero-order valence-electron chi connectivity index (χ0n) is 16.3. The molecule has 2 rings (SSSR count). The molecule has 1 aromatic carbocycles. The Balaban J connectivity index is 2.02. The van der Waals surface area contributed by atoms with Gasteiger partial charge >= 0.3 is 0 Å². The second-order valence-electron chi connectivity index (χ2n) is 6.48. The molecule has 1 amide bonds. The Bertz CT molecular complexity index is 772. The highest BCUT2D eigenvalue weighted by Gasteiger charge is 2.15. The molecule has 0 aliphatic rings. The number of methoxy groups -OCH3 is 2. The number of nitrogens with zero attached hydrogens (tertiary/aromatic N) is 2. The fraction of sp³-hybridized carbons (Fsp3) is 0.474. The number of rotatable bonds is 8. The van der Waals surface area contributed by atoms with Gasteiger partial charge in [-0.25, -0.2) is 4.98 Å². The highest BCUT2D eigenvalue weighted by molar-refractivity contribution is 7.99. The van der Waals surface area contributed by atoms with Crippen LogP contribution in [0.3, 0.4) is 0 Å². The molecule has 142 valence electrons. The minimum absolute atomic E-state index is 0.0865. The van der Waals surface area contributed by atoms with Crippen molar-refractivity contribution in [3.63, 3.8) is 0 Å². The summed E-state index contributed by atoms with van der Waals surface area (Å²) in [6.45, 7) is 9.31. The maximum atomic E-state index is 12.3. The second-order valence-corrected chi connectivity index (χ2v) is 7.42. The van der Waals surface area contributed by atoms with Crippen LogP contribution in [0.15, 0.2) is 23.4 Å². The predicted octanol–water partition coefficient (Wildman–Crippen LogP) is 3.90. The summed E-state index contributed by atoms with van der Waals surface area (Å²) in [5, 5.41) is 3.77. The number of carbonyl (C=O) groups is 1. The molecule has 1 heterocycles. The van der Waals surface area contributed by atoms with Crippen molar-refractivity contribution in [2.45, 2.75) is 39.4 Å². The van der Waals surface area contributed by atoms with Gasteiger partial charge in [-0.2, -0.15) is 0 Å². The first kappa shape index (κ1) is 20.2. The van der Waals surface area contributed by atoms with E-state index in [1.807, 2.05) is 6.92 Å². The Hall–Kier alpha value is -2.15. The predicted molar refractivity (Wildman–Crippen MR) is 105 cm³/mol. The van der Waals surface area contributed by atoms with Crippen molar-refractivity contribution in [1.29, 1.82) is 0 Å². The molecule has 0 saturated carbocycles. The van der Waals surface area contributed by atoms with Crippen LogP contribution in [-0.2, 0) is 11.3 Å². The first-order valence-corrected chi connectivity index (χ1v) is 9.52. The Morgan fingerprint density at radius 1 is 1.23 bits per heavy atom. The summed E-state index contributed by atoms with van der Waals surface area (Å²) in [6.07, 6.45) is 0. The van der Waals surface area contributed by atoms with Crippen LogP contribution in [0.1, 0.15) is 25.2 Å². The maximum Gasteiger partial charge on any atom is 0.234 e. The molecule has 0 saturated heterocycles. The molecule has 6 nitrogen and oxygen atoms in total. The lowest BCUT2D eigenvalue weighted by molar-refractivity contribution is -0.113. The highest BCUT2D eigenvalue weighted by Crippen LogP contribution is 2.30. The van der Waals surface area contributed by atoms with Crippen LogP contribution in [0.25, 0.3) is 0 Å². The molecule has 0 bridgehead atoms. The van der Waals surface area contributed by atoms with E-state index in [1.165, 1.54) is 11.8 Å². The smallest absolute Gasteiger partial charge is 0.234 e. The number of hydrogen-bond donors (Lipinski definition) is 1. The van der Waals surface area contributed by atoms with E-state index in [0.717, 1.165) is 23.1 Å². The molecule has 0 radical (unpaired) electrons. The van der Waals surface area contributed by atoms with Gasteiger partial charge in [-0.05, 0) is 31.9 Å². The van der Waals surface area contributed by atoms with E-state index in [2.05, 4.69) is 35.6 Å². The van der Waals surface area contributed by atoms with Crippen molar-refractivity contribution in [3.05, 3.63) is 29.6 Å². The molecule has 0 atom stereocenters. The van der Waals surface area contributed by atoms with E-state index in [0.29, 0.717) is 28.9 Å². The van der Waals surface area contributed by atoms with Crippen LogP contribution in [0, 0.1) is 19.8 Å². The summed E-state index contributed by atoms with van der Waals surface area (Å²) in [5.74, 6) is 1.93. The Kier molecular flexibility index (Phi) is 6.97. The summed E-state index contributed by atoms with van der Waals surface area (Å²) < 4.78 is 12.7. The van der Waals surface area contributed by atoms with Gasteiger partial charge in [0.25, 0.3) is 0 Å². The first-order valence-electron chi connectivity index (χ1n) is 8.54. The van der Waals surface area contributed by atoms with E-state index >= 15 is 0 Å². The first-order chi connectivity index (χ1) is 12.3. The van der Waals surface area contributed by atoms with E-state index < -0.39 is 0 Å². The summed E-state index contributed by atoms with van der Waals surface area (Å²) in [4.78, 5) is 16.9. The van der Waals surface area contributed by atoms with Gasteiger partial charge in [0, 0.05) is 24.0 Å². The van der Waals surface area contributed by atoms with Crippen molar-refractivity contribution < 1.29 is 14.3 Å². The second kappa shape index (κ2) is 8.98. The van der Waals surface area contributed by atoms with Gasteiger partial charge < -0.3 is 19.4 Å². The lowest BCUT2D eigenvalue weighted by Crippen LogP contribution is -2.15. The van der Waals surface area contributed by atoms with Crippen molar-refractivity contribution in [3.8, 4) is 11.5 Å². The molecule has 1 N–H and O–H groups in total. The Morgan fingerprint density at radius 3 is 2.54 bits per heavy atom. The van der Waals surface area contributed by atoms with Gasteiger partial charge in [-0.15, -0.1) is 0 Å². The van der Waals surface area contributed by atoms with Gasteiger partial charge in [0.2, 0.25) is 5.91 Å². The number of benzene rings is 1. The molecule has 0 spiro atoms. The van der Waals surface area contributed by atoms with E-state index in [9.17, 15) is 4.79 Å². The molecule has 0 unspecified atom stereocenters. The van der Waals surface area contributed by atoms with Crippen LogP contribution in [0.5, 0.6) is 11.5 Å². The normalized spacial score (nSPS) is 10.9. The number of anilines is 1. The monoisotopic (exact) mass is 377 g/mol. The minimum Gasteiger partial charge on any atom is -0.493 e. The SMILES string of the molecule is COc1ccc(NC(=O)CSc2nc(C)c(C)n2CC(C)C)cc1OC. The number of aryl methyl sites for hydroxylation is 1. The van der Waals surface area contributed by atoms with Crippen LogP contribution >= 0.6 is 11.8 Å². The van der Waals surface area contributed by atoms with Crippen LogP contribution in [0.4, 0.5) is 5.69 Å². The average Bonchev–Trinajstić information content (AvgIpc) is 2.87. The van der Waals surface area contributed by atoms with Gasteiger partial charge in [0.1, 0.15) is 0 Å². The Morgan fingerprint density at radius 2 is 1.92 bits per heavy atom. The molecule has 0 aliphatic heterocycles. The number of carbonyl (C=O) groups excluding carboxylic acids is 1. The number of nitrogens with one attached hydrogen (secondary N) is 1. The number of imidazole rings is 1. The quantitative estimate of drug-likeness (QED) is 0.707. The van der Waals surface area contributed by atoms with Gasteiger partial charge in [0.15, 0.2) is 16.7 Å². The van der Waals surface area contributed by atoms with E-state index in [-0.39, 0.29) is 5.91 Å². The molecule has 1 aromatic heterocycles. The molecular formula is C19H27N3O3S. The molecule has 0 aliphatic carbocycles. The number of ether oxygens (including phenoxy) is 2. The van der Waals surface area contributed by atoms with Crippen LogP contribution in [0.2, 0.25) is 0 Å². The molecule has 26 heavy (non-hydrogen) atoms. The topological polar surface area (TPSA) is 65.4 Å². The van der Waals surface area contributed by atoms with Crippen molar-refractivity contribution in [2.75, 3.05) is 25.3 Å². The van der Waals surface area contributed by atoms with Gasteiger partial charge in [-0.3, -0.25) is 4.79 Å². The molecule has 0 fully saturated rings. The van der Waals surface area contributed by atoms with Crippen molar-refractivity contribution in [1.82, 2.24) is 9.55 Å². The van der Waals surface area contributed by atoms with Crippen molar-refractivity contribution in [2.24, 2.45) is 5.92 Å². The average molecular weight is 378 g/mol. The number of hydrogen-bond acceptors (Lipinski definition) is 5. The lowest BCUT2D eigenvalue weighted by atomic mass is 10.2. The largest absolute Gasteiger partial charge is 0.493 e. The fourth-order valence-corrected chi connectivity index (χ4v) is 3.46. The third kappa shape index (κ3) is 4.94. The van der Waals surface area contributed by atoms with Crippen molar-refractivity contribution >= 4 is 23.4 Å². The zero-order chi connectivity index (χ0) is 19.3. The fourth-order valence-electron chi connectivity index (χ4n) is 2.56. The number of thioether (sulfide) groups is 1. The third-order valence-corrected chi connectivity index (χ3v) is 4.95. The van der Waals surface area contributed by atoms with E-state index in [1.54, 1.807) is 32.4 Å². The van der Waals surface area contributed by atoms with Crippen LogP contribution < -0.4 is 14.8 Å². The van der Waals surface area contributed by atoms with Gasteiger partial charge in [0.05, 0.1) is 25.7 Å². The van der Waals surface area contributed by atoms with Crippen LogP contribution in [-0.4, -0.2) is 35.4 Å². The Labute approximate surface area is 159 Å². The van der Waals surface area contributed by atoms with E-state index in [4.69, 9.17) is 9.47 Å². The highest BCUT2D eigenvalue weighted by atomic mass is 32.2. The maximum absolute atomic E-state index is 12.3. The lowest BCUT2D eigenvalue weighted by Gasteiger charge is -2.13. The number of aromatic nitrogens is 2. The summed E-state index contributed by atoms with van der Waals surface area (Å²) >= 11 is 1.45.